The number of hydrogen-bond acceptors (Lipinski definition) is 3. The van der Waals surface area contributed by atoms with Crippen LogP contribution in [0.15, 0.2) is 29.2 Å². The highest BCUT2D eigenvalue weighted by atomic mass is 16.3. The number of nitrogens with one attached hydrogen (secondary N) is 1. The van der Waals surface area contributed by atoms with Crippen molar-refractivity contribution in [2.45, 2.75) is 0 Å². The first-order valence-electron chi connectivity index (χ1n) is 3.72. The first-order chi connectivity index (χ1) is 6.18. The van der Waals surface area contributed by atoms with Crippen LogP contribution in [0.2, 0.25) is 0 Å². The van der Waals surface area contributed by atoms with Crippen molar-refractivity contribution in [3.63, 3.8) is 0 Å². The average Bonchev–Trinajstić information content (AvgIpc) is 2.12. The molecule has 2 aromatic rings. The molecule has 0 atom stereocenters. The summed E-state index contributed by atoms with van der Waals surface area (Å²) in [6, 6.07) is 4.36. The van der Waals surface area contributed by atoms with Crippen molar-refractivity contribution in [3.05, 3.63) is 34.6 Å². The fourth-order valence-corrected chi connectivity index (χ4v) is 1.20. The average molecular weight is 177 g/mol. The van der Waals surface area contributed by atoms with E-state index < -0.39 is 5.43 Å². The van der Waals surface area contributed by atoms with Crippen molar-refractivity contribution in [2.24, 2.45) is 0 Å². The Morgan fingerprint density at radius 1 is 1.23 bits per heavy atom. The molecule has 0 saturated heterocycles. The second kappa shape index (κ2) is 2.52. The lowest BCUT2D eigenvalue weighted by Crippen LogP contribution is -2.01. The van der Waals surface area contributed by atoms with Crippen LogP contribution >= 0.6 is 0 Å². The monoisotopic (exact) mass is 177 g/mol. The smallest absolute Gasteiger partial charge is 0.231 e. The zero-order valence-electron chi connectivity index (χ0n) is 6.61. The third-order valence-electron chi connectivity index (χ3n) is 1.84. The van der Waals surface area contributed by atoms with Gasteiger partial charge >= 0.3 is 0 Å². The fraction of sp³-hybridized carbons (Fsp3) is 0. The van der Waals surface area contributed by atoms with Gasteiger partial charge in [0, 0.05) is 11.7 Å². The number of pyridine rings is 1. The van der Waals surface area contributed by atoms with Gasteiger partial charge in [-0.2, -0.15) is 0 Å². The highest BCUT2D eigenvalue weighted by molar-refractivity contribution is 5.80. The number of rotatable bonds is 0. The number of hydrogen-bond donors (Lipinski definition) is 3. The van der Waals surface area contributed by atoms with Crippen LogP contribution < -0.4 is 5.43 Å². The largest absolute Gasteiger partial charge is 0.508 e. The van der Waals surface area contributed by atoms with E-state index in [1.54, 1.807) is 6.07 Å². The van der Waals surface area contributed by atoms with E-state index in [0.29, 0.717) is 5.52 Å². The zero-order chi connectivity index (χ0) is 9.42. The normalized spacial score (nSPS) is 10.5. The molecule has 1 aromatic heterocycles. The van der Waals surface area contributed by atoms with Crippen molar-refractivity contribution < 1.29 is 10.2 Å². The van der Waals surface area contributed by atoms with Crippen molar-refractivity contribution in [3.8, 4) is 11.5 Å². The number of benzene rings is 1. The molecular weight excluding hydrogens is 170 g/mol. The maximum absolute atomic E-state index is 11.3. The quantitative estimate of drug-likeness (QED) is 0.560. The Balaban J connectivity index is 2.97. The topological polar surface area (TPSA) is 73.3 Å². The Kier molecular flexibility index (Phi) is 1.48. The minimum Gasteiger partial charge on any atom is -0.508 e. The van der Waals surface area contributed by atoms with Crippen LogP contribution in [0.25, 0.3) is 10.9 Å². The van der Waals surface area contributed by atoms with Crippen LogP contribution in [-0.2, 0) is 0 Å². The maximum atomic E-state index is 11.3. The van der Waals surface area contributed by atoms with Gasteiger partial charge in [0.05, 0.1) is 5.39 Å². The number of fused-ring (bicyclic) bond motifs is 1. The Morgan fingerprint density at radius 2 is 2.00 bits per heavy atom. The number of phenols is 1. The van der Waals surface area contributed by atoms with E-state index in [-0.39, 0.29) is 16.9 Å². The Hall–Kier alpha value is -1.97. The lowest BCUT2D eigenvalue weighted by molar-refractivity contribution is 0.468. The molecule has 0 amide bonds. The molecule has 0 fully saturated rings. The first kappa shape index (κ1) is 7.67. The van der Waals surface area contributed by atoms with E-state index in [4.69, 9.17) is 10.2 Å². The van der Waals surface area contributed by atoms with Gasteiger partial charge in [-0.25, -0.2) is 0 Å². The molecule has 13 heavy (non-hydrogen) atoms. The van der Waals surface area contributed by atoms with Gasteiger partial charge in [0.25, 0.3) is 0 Å². The van der Waals surface area contributed by atoms with Gasteiger partial charge in [-0.1, -0.05) is 0 Å². The van der Waals surface area contributed by atoms with E-state index in [1.165, 1.54) is 18.3 Å². The van der Waals surface area contributed by atoms with Crippen LogP contribution in [0.5, 0.6) is 11.5 Å². The number of aromatic hydroxyl groups is 2. The standard InChI is InChI=1S/C9H7NO3/c11-5-1-2-7-6(3-5)9(13)8(12)4-10-7/h1-4,11-12H,(H,10,13). The Bertz CT molecular complexity index is 510. The Morgan fingerprint density at radius 3 is 2.77 bits per heavy atom. The summed E-state index contributed by atoms with van der Waals surface area (Å²) in [7, 11) is 0. The van der Waals surface area contributed by atoms with E-state index in [0.717, 1.165) is 0 Å². The molecule has 0 bridgehead atoms. The summed E-state index contributed by atoms with van der Waals surface area (Å²) in [6.45, 7) is 0. The van der Waals surface area contributed by atoms with E-state index in [2.05, 4.69) is 4.98 Å². The summed E-state index contributed by atoms with van der Waals surface area (Å²) >= 11 is 0. The second-order valence-corrected chi connectivity index (χ2v) is 2.73. The maximum Gasteiger partial charge on any atom is 0.231 e. The number of aromatic nitrogens is 1. The van der Waals surface area contributed by atoms with Crippen molar-refractivity contribution in [1.82, 2.24) is 4.98 Å². The van der Waals surface area contributed by atoms with Crippen LogP contribution in [0.3, 0.4) is 0 Å². The third-order valence-corrected chi connectivity index (χ3v) is 1.84. The van der Waals surface area contributed by atoms with Crippen LogP contribution in [-0.4, -0.2) is 15.2 Å². The summed E-state index contributed by atoms with van der Waals surface area (Å²) in [5, 5.41) is 18.5. The highest BCUT2D eigenvalue weighted by Crippen LogP contribution is 2.16. The molecule has 4 nitrogen and oxygen atoms in total. The predicted molar refractivity (Wildman–Crippen MR) is 47.9 cm³/mol. The molecule has 66 valence electrons. The Labute approximate surface area is 73.1 Å². The lowest BCUT2D eigenvalue weighted by Gasteiger charge is -1.98. The highest BCUT2D eigenvalue weighted by Gasteiger charge is 2.03. The molecule has 1 aromatic carbocycles. The third kappa shape index (κ3) is 1.12. The molecule has 4 heteroatoms. The van der Waals surface area contributed by atoms with Crippen LogP contribution in [0.4, 0.5) is 0 Å². The zero-order valence-corrected chi connectivity index (χ0v) is 6.61. The molecule has 2 rings (SSSR count). The van der Waals surface area contributed by atoms with Crippen LogP contribution in [0, 0.1) is 0 Å². The fourth-order valence-electron chi connectivity index (χ4n) is 1.20. The number of aromatic amines is 1. The predicted octanol–water partition coefficient (Wildman–Crippen LogP) is 0.939. The molecule has 0 aliphatic rings. The summed E-state index contributed by atoms with van der Waals surface area (Å²) in [6.07, 6.45) is 1.22. The second-order valence-electron chi connectivity index (χ2n) is 2.73. The summed E-state index contributed by atoms with van der Waals surface area (Å²) < 4.78 is 0. The molecule has 0 saturated carbocycles. The SMILES string of the molecule is O=c1c(O)c[nH]c2ccc(O)cc12. The first-order valence-corrected chi connectivity index (χ1v) is 3.72. The minimum absolute atomic E-state index is 0.00333. The number of phenolic OH excluding ortho intramolecular Hbond substituents is 1. The summed E-state index contributed by atoms with van der Waals surface area (Å²) in [5.41, 5.74) is 0.102. The summed E-state index contributed by atoms with van der Waals surface area (Å²) in [5.74, 6) is -0.346. The van der Waals surface area contributed by atoms with Gasteiger partial charge in [-0.15, -0.1) is 0 Å². The number of H-pyrrole nitrogens is 1. The molecule has 1 heterocycles. The van der Waals surface area contributed by atoms with Crippen molar-refractivity contribution in [2.75, 3.05) is 0 Å². The van der Waals surface area contributed by atoms with Gasteiger partial charge in [-0.3, -0.25) is 4.79 Å². The van der Waals surface area contributed by atoms with Gasteiger partial charge in [0.1, 0.15) is 5.75 Å². The molecule has 0 spiro atoms. The van der Waals surface area contributed by atoms with Gasteiger partial charge in [0.2, 0.25) is 5.43 Å². The minimum atomic E-state index is -0.482. The van der Waals surface area contributed by atoms with Crippen molar-refractivity contribution >= 4 is 10.9 Å². The van der Waals surface area contributed by atoms with Crippen LogP contribution in [0.1, 0.15) is 0 Å². The van der Waals surface area contributed by atoms with E-state index in [9.17, 15) is 4.79 Å². The van der Waals surface area contributed by atoms with Gasteiger partial charge < -0.3 is 15.2 Å². The lowest BCUT2D eigenvalue weighted by atomic mass is 10.2. The molecule has 0 aliphatic heterocycles. The summed E-state index contributed by atoms with van der Waals surface area (Å²) in [4.78, 5) is 14.0. The van der Waals surface area contributed by atoms with E-state index >= 15 is 0 Å². The van der Waals surface area contributed by atoms with Gasteiger partial charge in [-0.05, 0) is 18.2 Å². The van der Waals surface area contributed by atoms with E-state index in [1.807, 2.05) is 0 Å². The molecule has 3 N–H and O–H groups in total. The van der Waals surface area contributed by atoms with Crippen molar-refractivity contribution in [1.29, 1.82) is 0 Å². The molecule has 0 aliphatic carbocycles. The van der Waals surface area contributed by atoms with Gasteiger partial charge in [0.15, 0.2) is 5.75 Å². The molecular formula is C9H7NO3. The molecule has 0 radical (unpaired) electrons. The molecule has 0 unspecified atom stereocenters.